The van der Waals surface area contributed by atoms with Gasteiger partial charge in [0, 0.05) is 25.1 Å². The lowest BCUT2D eigenvalue weighted by Gasteiger charge is -2.21. The number of aromatic nitrogens is 1. The van der Waals surface area contributed by atoms with E-state index in [-0.39, 0.29) is 23.4 Å². The number of hydrogen-bond donors (Lipinski definition) is 1. The normalized spacial score (nSPS) is 13.7. The smallest absolute Gasteiger partial charge is 0.273 e. The van der Waals surface area contributed by atoms with Crippen LogP contribution in [0.4, 0.5) is 0 Å². The third kappa shape index (κ3) is 4.94. The lowest BCUT2D eigenvalue weighted by atomic mass is 10.2. The maximum Gasteiger partial charge on any atom is 0.273 e. The summed E-state index contributed by atoms with van der Waals surface area (Å²) in [6.07, 6.45) is 1.90. The van der Waals surface area contributed by atoms with Crippen molar-refractivity contribution in [2.45, 2.75) is 39.8 Å². The van der Waals surface area contributed by atoms with Crippen LogP contribution in [0.2, 0.25) is 0 Å². The van der Waals surface area contributed by atoms with Crippen molar-refractivity contribution in [2.24, 2.45) is 11.8 Å². The van der Waals surface area contributed by atoms with Gasteiger partial charge in [0.2, 0.25) is 5.91 Å². The van der Waals surface area contributed by atoms with E-state index in [0.717, 1.165) is 18.4 Å². The number of carbonyl (C=O) groups excluding carboxylic acids is 2. The standard InChI is InChI=1S/C20H25N3O3/c1-14(2)11-21-19(24)18-10-17(26-22-18)13-23(20(25)16-8-9-16)12-15-6-4-3-5-7-15/h3-7,10,14,16H,8-9,11-13H2,1-2H3,(H,21,24). The number of carbonyl (C=O) groups is 2. The molecule has 2 aromatic rings. The molecular weight excluding hydrogens is 330 g/mol. The van der Waals surface area contributed by atoms with Gasteiger partial charge >= 0.3 is 0 Å². The molecule has 2 amide bonds. The summed E-state index contributed by atoms with van der Waals surface area (Å²) in [6, 6.07) is 11.5. The monoisotopic (exact) mass is 355 g/mol. The molecule has 3 rings (SSSR count). The molecule has 0 spiro atoms. The molecule has 1 fully saturated rings. The van der Waals surface area contributed by atoms with Gasteiger partial charge in [-0.25, -0.2) is 0 Å². The zero-order chi connectivity index (χ0) is 18.5. The molecule has 1 N–H and O–H groups in total. The van der Waals surface area contributed by atoms with E-state index < -0.39 is 0 Å². The Balaban J connectivity index is 1.66. The zero-order valence-corrected chi connectivity index (χ0v) is 15.3. The molecule has 0 atom stereocenters. The Morgan fingerprint density at radius 1 is 1.23 bits per heavy atom. The molecule has 0 unspecified atom stereocenters. The summed E-state index contributed by atoms with van der Waals surface area (Å²) in [4.78, 5) is 26.5. The van der Waals surface area contributed by atoms with E-state index in [4.69, 9.17) is 4.52 Å². The molecule has 1 saturated carbocycles. The first-order valence-corrected chi connectivity index (χ1v) is 9.09. The molecule has 1 aromatic heterocycles. The van der Waals surface area contributed by atoms with Crippen LogP contribution in [0.1, 0.15) is 48.5 Å². The largest absolute Gasteiger partial charge is 0.359 e. The Hall–Kier alpha value is -2.63. The number of amides is 2. The summed E-state index contributed by atoms with van der Waals surface area (Å²) in [5.41, 5.74) is 1.31. The minimum Gasteiger partial charge on any atom is -0.359 e. The highest BCUT2D eigenvalue weighted by molar-refractivity contribution is 5.92. The van der Waals surface area contributed by atoms with Gasteiger partial charge in [-0.1, -0.05) is 49.3 Å². The molecule has 1 aliphatic carbocycles. The number of rotatable bonds is 8. The van der Waals surface area contributed by atoms with Gasteiger partial charge in [-0.2, -0.15) is 0 Å². The Bertz CT molecular complexity index is 751. The second-order valence-electron chi connectivity index (χ2n) is 7.24. The van der Waals surface area contributed by atoms with Crippen LogP contribution < -0.4 is 5.32 Å². The van der Waals surface area contributed by atoms with Gasteiger partial charge in [-0.15, -0.1) is 0 Å². The first kappa shape index (κ1) is 18.2. The van der Waals surface area contributed by atoms with Gasteiger partial charge in [-0.3, -0.25) is 9.59 Å². The SMILES string of the molecule is CC(C)CNC(=O)c1cc(CN(Cc2ccccc2)C(=O)C2CC2)on1. The van der Waals surface area contributed by atoms with Gasteiger partial charge < -0.3 is 14.7 Å². The Morgan fingerprint density at radius 3 is 2.62 bits per heavy atom. The lowest BCUT2D eigenvalue weighted by Crippen LogP contribution is -2.31. The van der Waals surface area contributed by atoms with Crippen LogP contribution in [0.15, 0.2) is 40.9 Å². The molecule has 26 heavy (non-hydrogen) atoms. The highest BCUT2D eigenvalue weighted by Gasteiger charge is 2.34. The predicted molar refractivity (Wildman–Crippen MR) is 97.1 cm³/mol. The fourth-order valence-corrected chi connectivity index (χ4v) is 2.67. The van der Waals surface area contributed by atoms with Crippen LogP contribution in [0.5, 0.6) is 0 Å². The molecule has 0 saturated heterocycles. The molecule has 6 heteroatoms. The summed E-state index contributed by atoms with van der Waals surface area (Å²) in [5, 5.41) is 6.66. The lowest BCUT2D eigenvalue weighted by molar-refractivity contribution is -0.134. The van der Waals surface area contributed by atoms with Crippen LogP contribution in [0, 0.1) is 11.8 Å². The quantitative estimate of drug-likeness (QED) is 0.790. The zero-order valence-electron chi connectivity index (χ0n) is 15.3. The first-order chi connectivity index (χ1) is 12.5. The van der Waals surface area contributed by atoms with E-state index in [1.165, 1.54) is 0 Å². The Morgan fingerprint density at radius 2 is 1.96 bits per heavy atom. The predicted octanol–water partition coefficient (Wildman–Crippen LogP) is 3.00. The fourth-order valence-electron chi connectivity index (χ4n) is 2.67. The Labute approximate surface area is 153 Å². The van der Waals surface area contributed by atoms with Crippen molar-refractivity contribution in [3.05, 3.63) is 53.4 Å². The van der Waals surface area contributed by atoms with Crippen LogP contribution in [-0.2, 0) is 17.9 Å². The highest BCUT2D eigenvalue weighted by atomic mass is 16.5. The Kier molecular flexibility index (Phi) is 5.71. The van der Waals surface area contributed by atoms with Crippen LogP contribution in [0.3, 0.4) is 0 Å². The van der Waals surface area contributed by atoms with Gasteiger partial charge in [-0.05, 0) is 24.3 Å². The van der Waals surface area contributed by atoms with Crippen molar-refractivity contribution in [2.75, 3.05) is 6.54 Å². The molecule has 0 bridgehead atoms. The fraction of sp³-hybridized carbons (Fsp3) is 0.450. The minimum atomic E-state index is -0.253. The third-order valence-electron chi connectivity index (χ3n) is 4.26. The van der Waals surface area contributed by atoms with E-state index in [2.05, 4.69) is 10.5 Å². The number of hydrogen-bond acceptors (Lipinski definition) is 4. The van der Waals surface area contributed by atoms with Gasteiger partial charge in [0.05, 0.1) is 6.54 Å². The molecule has 138 valence electrons. The van der Waals surface area contributed by atoms with Crippen molar-refractivity contribution >= 4 is 11.8 Å². The number of nitrogens with zero attached hydrogens (tertiary/aromatic N) is 2. The van der Waals surface area contributed by atoms with Crippen molar-refractivity contribution in [1.82, 2.24) is 15.4 Å². The second-order valence-corrected chi connectivity index (χ2v) is 7.24. The van der Waals surface area contributed by atoms with Crippen molar-refractivity contribution in [3.63, 3.8) is 0 Å². The second kappa shape index (κ2) is 8.17. The summed E-state index contributed by atoms with van der Waals surface area (Å²) in [5.74, 6) is 0.885. The number of nitrogens with one attached hydrogen (secondary N) is 1. The average molecular weight is 355 g/mol. The number of benzene rings is 1. The van der Waals surface area contributed by atoms with E-state index >= 15 is 0 Å². The molecule has 1 aliphatic rings. The molecule has 1 heterocycles. The molecule has 0 aliphatic heterocycles. The van der Waals surface area contributed by atoms with Gasteiger partial charge in [0.1, 0.15) is 0 Å². The molecule has 1 aromatic carbocycles. The van der Waals surface area contributed by atoms with Crippen molar-refractivity contribution < 1.29 is 14.1 Å². The van der Waals surface area contributed by atoms with E-state index in [1.807, 2.05) is 44.2 Å². The summed E-state index contributed by atoms with van der Waals surface area (Å²) in [7, 11) is 0. The highest BCUT2D eigenvalue weighted by Crippen LogP contribution is 2.32. The minimum absolute atomic E-state index is 0.121. The first-order valence-electron chi connectivity index (χ1n) is 9.09. The average Bonchev–Trinajstić information content (AvgIpc) is 3.38. The summed E-state index contributed by atoms with van der Waals surface area (Å²) < 4.78 is 5.31. The summed E-state index contributed by atoms with van der Waals surface area (Å²) in [6.45, 7) is 5.47. The van der Waals surface area contributed by atoms with Crippen LogP contribution >= 0.6 is 0 Å². The van der Waals surface area contributed by atoms with Gasteiger partial charge in [0.15, 0.2) is 11.5 Å². The van der Waals surface area contributed by atoms with Crippen LogP contribution in [0.25, 0.3) is 0 Å². The van der Waals surface area contributed by atoms with Gasteiger partial charge in [0.25, 0.3) is 5.91 Å². The molecular formula is C20H25N3O3. The summed E-state index contributed by atoms with van der Waals surface area (Å²) >= 11 is 0. The van der Waals surface area contributed by atoms with Crippen LogP contribution in [-0.4, -0.2) is 28.4 Å². The van der Waals surface area contributed by atoms with Crippen molar-refractivity contribution in [3.8, 4) is 0 Å². The van der Waals surface area contributed by atoms with E-state index in [0.29, 0.717) is 31.3 Å². The topological polar surface area (TPSA) is 75.4 Å². The van der Waals surface area contributed by atoms with E-state index in [1.54, 1.807) is 11.0 Å². The molecule has 0 radical (unpaired) electrons. The maximum atomic E-state index is 12.6. The van der Waals surface area contributed by atoms with Crippen molar-refractivity contribution in [1.29, 1.82) is 0 Å². The molecule has 6 nitrogen and oxygen atoms in total. The van der Waals surface area contributed by atoms with E-state index in [9.17, 15) is 9.59 Å². The maximum absolute atomic E-state index is 12.6. The third-order valence-corrected chi connectivity index (χ3v) is 4.26.